The van der Waals surface area contributed by atoms with Gasteiger partial charge >= 0.3 is 0 Å². The summed E-state index contributed by atoms with van der Waals surface area (Å²) >= 11 is 0. The average Bonchev–Trinajstić information content (AvgIpc) is 3.12. The number of aromatic hydroxyl groups is 1. The highest BCUT2D eigenvalue weighted by atomic mass is 16.3. The number of hydrogen-bond donors (Lipinski definition) is 3. The van der Waals surface area contributed by atoms with Crippen LogP contribution in [0.15, 0.2) is 65.8 Å². The Bertz CT molecular complexity index is 1400. The largest absolute Gasteiger partial charge is 0.507 e. The van der Waals surface area contributed by atoms with Crippen LogP contribution in [0.25, 0.3) is 21.8 Å². The maximum Gasteiger partial charge on any atom is 0.275 e. The van der Waals surface area contributed by atoms with Crippen molar-refractivity contribution in [1.29, 1.82) is 0 Å². The van der Waals surface area contributed by atoms with Crippen LogP contribution >= 0.6 is 0 Å². The normalized spacial score (nSPS) is 11.7. The van der Waals surface area contributed by atoms with Crippen LogP contribution in [0.1, 0.15) is 36.2 Å². The van der Waals surface area contributed by atoms with E-state index in [1.165, 1.54) is 6.07 Å². The van der Waals surface area contributed by atoms with Crippen molar-refractivity contribution in [2.24, 2.45) is 5.10 Å². The van der Waals surface area contributed by atoms with Gasteiger partial charge in [0.25, 0.3) is 5.91 Å². The molecule has 0 atom stereocenters. The molecule has 3 N–H and O–H groups in total. The number of phenolic OH excluding ortho intramolecular Hbond substituents is 1. The lowest BCUT2D eigenvalue weighted by molar-refractivity contribution is -0.115. The summed E-state index contributed by atoms with van der Waals surface area (Å²) in [6.07, 6.45) is 0.0227. The van der Waals surface area contributed by atoms with Gasteiger partial charge in [-0.2, -0.15) is 5.10 Å². The van der Waals surface area contributed by atoms with Gasteiger partial charge in [-0.25, -0.2) is 5.43 Å². The first kappa shape index (κ1) is 22.1. The Morgan fingerprint density at radius 2 is 1.76 bits per heavy atom. The van der Waals surface area contributed by atoms with Crippen molar-refractivity contribution in [3.8, 4) is 5.75 Å². The summed E-state index contributed by atoms with van der Waals surface area (Å²) in [6, 6.07) is 19.0. The Kier molecular flexibility index (Phi) is 6.13. The van der Waals surface area contributed by atoms with Crippen LogP contribution in [-0.4, -0.2) is 27.2 Å². The Hall–Kier alpha value is -4.13. The van der Waals surface area contributed by atoms with E-state index in [1.807, 2.05) is 30.3 Å². The first-order valence-electron chi connectivity index (χ1n) is 10.8. The molecule has 7 heteroatoms. The van der Waals surface area contributed by atoms with E-state index < -0.39 is 5.91 Å². The molecule has 0 aliphatic rings. The zero-order valence-corrected chi connectivity index (χ0v) is 18.8. The predicted octanol–water partition coefficient (Wildman–Crippen LogP) is 4.96. The molecule has 0 saturated carbocycles. The maximum absolute atomic E-state index is 12.5. The van der Waals surface area contributed by atoms with Gasteiger partial charge in [-0.3, -0.25) is 9.59 Å². The van der Waals surface area contributed by atoms with Crippen molar-refractivity contribution in [3.05, 3.63) is 71.8 Å². The molecule has 4 aromatic rings. The minimum atomic E-state index is -0.534. The second-order valence-corrected chi connectivity index (χ2v) is 7.98. The zero-order valence-electron chi connectivity index (χ0n) is 18.8. The standard InChI is InChI=1S/C26H26N4O3/c1-4-30-22-11-6-5-9-19(22)21-15-18(12-13-23(21)30)27-24(31)14-17(3)28-29-26(33)20-10-7-8-16(2)25(20)32/h5-13,15,32H,4,14H2,1-3H3,(H,27,31)(H,29,33)/b28-17-. The van der Waals surface area contributed by atoms with E-state index in [0.717, 1.165) is 28.4 Å². The number of amides is 2. The van der Waals surface area contributed by atoms with Gasteiger partial charge in [0.15, 0.2) is 0 Å². The molecule has 0 saturated heterocycles. The summed E-state index contributed by atoms with van der Waals surface area (Å²) in [5.41, 5.74) is 6.56. The second-order valence-electron chi connectivity index (χ2n) is 7.98. The Morgan fingerprint density at radius 3 is 2.55 bits per heavy atom. The lowest BCUT2D eigenvalue weighted by Gasteiger charge is -2.08. The molecule has 0 unspecified atom stereocenters. The van der Waals surface area contributed by atoms with Gasteiger partial charge in [-0.05, 0) is 56.7 Å². The van der Waals surface area contributed by atoms with Crippen molar-refractivity contribution >= 4 is 45.0 Å². The Balaban J connectivity index is 1.45. The number of hydrazone groups is 1. The lowest BCUT2D eigenvalue weighted by atomic mass is 10.1. The Labute approximate surface area is 191 Å². The number of fused-ring (bicyclic) bond motifs is 3. The topological polar surface area (TPSA) is 95.7 Å². The third-order valence-electron chi connectivity index (χ3n) is 5.62. The predicted molar refractivity (Wildman–Crippen MR) is 132 cm³/mol. The number of benzene rings is 3. The fourth-order valence-electron chi connectivity index (χ4n) is 4.00. The van der Waals surface area contributed by atoms with Gasteiger partial charge in [0.1, 0.15) is 5.75 Å². The number of carbonyl (C=O) groups excluding carboxylic acids is 2. The molecule has 0 fully saturated rings. The number of nitrogens with zero attached hydrogens (tertiary/aromatic N) is 2. The number of anilines is 1. The quantitative estimate of drug-likeness (QED) is 0.291. The first-order chi connectivity index (χ1) is 15.9. The second kappa shape index (κ2) is 9.16. The molecule has 0 radical (unpaired) electrons. The van der Waals surface area contributed by atoms with E-state index in [9.17, 15) is 14.7 Å². The molecule has 0 aliphatic heterocycles. The van der Waals surface area contributed by atoms with Gasteiger partial charge in [0, 0.05) is 39.7 Å². The number of rotatable bonds is 6. The van der Waals surface area contributed by atoms with Crippen molar-refractivity contribution in [1.82, 2.24) is 9.99 Å². The highest BCUT2D eigenvalue weighted by molar-refractivity contribution is 6.11. The molecule has 0 spiro atoms. The van der Waals surface area contributed by atoms with Crippen LogP contribution in [0.4, 0.5) is 5.69 Å². The van der Waals surface area contributed by atoms with E-state index in [4.69, 9.17) is 0 Å². The molecule has 2 amide bonds. The molecule has 0 aliphatic carbocycles. The summed E-state index contributed by atoms with van der Waals surface area (Å²) in [5, 5.41) is 19.2. The van der Waals surface area contributed by atoms with Crippen LogP contribution in [-0.2, 0) is 11.3 Å². The van der Waals surface area contributed by atoms with Crippen LogP contribution < -0.4 is 10.7 Å². The highest BCUT2D eigenvalue weighted by Gasteiger charge is 2.13. The third-order valence-corrected chi connectivity index (χ3v) is 5.62. The van der Waals surface area contributed by atoms with Crippen molar-refractivity contribution < 1.29 is 14.7 Å². The summed E-state index contributed by atoms with van der Waals surface area (Å²) < 4.78 is 2.25. The molecule has 4 rings (SSSR count). The van der Waals surface area contributed by atoms with Crippen molar-refractivity contribution in [2.45, 2.75) is 33.7 Å². The number of aromatic nitrogens is 1. The number of para-hydroxylation sites is 2. The number of phenols is 1. The number of aryl methyl sites for hydroxylation is 2. The third kappa shape index (κ3) is 4.43. The molecular weight excluding hydrogens is 416 g/mol. The molecule has 0 bridgehead atoms. The maximum atomic E-state index is 12.5. The molecule has 1 heterocycles. The molecular formula is C26H26N4O3. The highest BCUT2D eigenvalue weighted by Crippen LogP contribution is 2.31. The summed E-state index contributed by atoms with van der Waals surface area (Å²) in [5.74, 6) is -0.850. The minimum Gasteiger partial charge on any atom is -0.507 e. The van der Waals surface area contributed by atoms with Crippen LogP contribution in [0.2, 0.25) is 0 Å². The fraction of sp³-hybridized carbons (Fsp3) is 0.192. The first-order valence-corrected chi connectivity index (χ1v) is 10.8. The van der Waals surface area contributed by atoms with E-state index in [1.54, 1.807) is 26.0 Å². The molecule has 7 nitrogen and oxygen atoms in total. The molecule has 3 aromatic carbocycles. The number of nitrogens with one attached hydrogen (secondary N) is 2. The van der Waals surface area contributed by atoms with Gasteiger partial charge in [-0.1, -0.05) is 30.3 Å². The van der Waals surface area contributed by atoms with Gasteiger partial charge in [0.05, 0.1) is 12.0 Å². The Morgan fingerprint density at radius 1 is 1.00 bits per heavy atom. The van der Waals surface area contributed by atoms with E-state index in [0.29, 0.717) is 17.0 Å². The van der Waals surface area contributed by atoms with Crippen LogP contribution in [0.3, 0.4) is 0 Å². The molecule has 33 heavy (non-hydrogen) atoms. The van der Waals surface area contributed by atoms with Gasteiger partial charge in [-0.15, -0.1) is 0 Å². The van der Waals surface area contributed by atoms with E-state index in [2.05, 4.69) is 39.5 Å². The number of carbonyl (C=O) groups is 2. The monoisotopic (exact) mass is 442 g/mol. The average molecular weight is 443 g/mol. The van der Waals surface area contributed by atoms with Crippen LogP contribution in [0, 0.1) is 6.92 Å². The number of hydrogen-bond acceptors (Lipinski definition) is 4. The molecule has 1 aromatic heterocycles. The molecule has 168 valence electrons. The van der Waals surface area contributed by atoms with Crippen molar-refractivity contribution in [3.63, 3.8) is 0 Å². The van der Waals surface area contributed by atoms with E-state index in [-0.39, 0.29) is 23.6 Å². The lowest BCUT2D eigenvalue weighted by Crippen LogP contribution is -2.21. The minimum absolute atomic E-state index is 0.0227. The summed E-state index contributed by atoms with van der Waals surface area (Å²) in [7, 11) is 0. The van der Waals surface area contributed by atoms with E-state index >= 15 is 0 Å². The zero-order chi connectivity index (χ0) is 23.5. The SMILES string of the molecule is CCn1c2ccccc2c2cc(NC(=O)C/C(C)=N\NC(=O)c3cccc(C)c3O)ccc21. The van der Waals surface area contributed by atoms with Gasteiger partial charge < -0.3 is 15.0 Å². The smallest absolute Gasteiger partial charge is 0.275 e. The fourth-order valence-corrected chi connectivity index (χ4v) is 4.00. The summed E-state index contributed by atoms with van der Waals surface area (Å²) in [4.78, 5) is 24.8. The van der Waals surface area contributed by atoms with Gasteiger partial charge in [0.2, 0.25) is 5.91 Å². The van der Waals surface area contributed by atoms with Crippen molar-refractivity contribution in [2.75, 3.05) is 5.32 Å². The summed E-state index contributed by atoms with van der Waals surface area (Å²) in [6.45, 7) is 6.34. The van der Waals surface area contributed by atoms with Crippen LogP contribution in [0.5, 0.6) is 5.75 Å².